The lowest BCUT2D eigenvalue weighted by Crippen LogP contribution is -2.03. The van der Waals surface area contributed by atoms with E-state index in [0.29, 0.717) is 12.5 Å². The number of nitrogens with zero attached hydrogens (tertiary/aromatic N) is 3. The third-order valence-electron chi connectivity index (χ3n) is 5.19. The van der Waals surface area contributed by atoms with Crippen molar-refractivity contribution in [3.63, 3.8) is 0 Å². The smallest absolute Gasteiger partial charge is 0.227 e. The maximum atomic E-state index is 11.2. The van der Waals surface area contributed by atoms with Crippen molar-refractivity contribution in [2.45, 2.75) is 13.5 Å². The van der Waals surface area contributed by atoms with E-state index in [2.05, 4.69) is 25.6 Å². The molecule has 0 aliphatic carbocycles. The Bertz CT molecular complexity index is 1290. The van der Waals surface area contributed by atoms with Crippen LogP contribution in [0.4, 0.5) is 17.3 Å². The van der Waals surface area contributed by atoms with Crippen molar-refractivity contribution in [1.82, 2.24) is 15.0 Å². The van der Waals surface area contributed by atoms with Crippen LogP contribution in [0.15, 0.2) is 85.3 Å². The zero-order valence-electron chi connectivity index (χ0n) is 18.8. The van der Waals surface area contributed by atoms with Crippen LogP contribution in [0.2, 0.25) is 0 Å². The fourth-order valence-corrected chi connectivity index (χ4v) is 3.27. The zero-order valence-corrected chi connectivity index (χ0v) is 18.8. The van der Waals surface area contributed by atoms with Gasteiger partial charge in [0.05, 0.1) is 5.69 Å². The summed E-state index contributed by atoms with van der Waals surface area (Å²) in [7, 11) is 0. The fourth-order valence-electron chi connectivity index (χ4n) is 3.27. The molecule has 2 aromatic carbocycles. The quantitative estimate of drug-likeness (QED) is 0.315. The number of pyridine rings is 1. The van der Waals surface area contributed by atoms with Gasteiger partial charge in [-0.15, -0.1) is 0 Å². The van der Waals surface area contributed by atoms with E-state index in [1.54, 1.807) is 24.7 Å². The molecule has 4 aromatic rings. The van der Waals surface area contributed by atoms with Gasteiger partial charge in [0, 0.05) is 42.1 Å². The third-order valence-corrected chi connectivity index (χ3v) is 5.19. The van der Waals surface area contributed by atoms with Crippen LogP contribution in [0, 0.1) is 6.92 Å². The molecular formula is C27H25N5O2. The van der Waals surface area contributed by atoms with Gasteiger partial charge in [0.25, 0.3) is 0 Å². The molecule has 3 N–H and O–H groups in total. The second-order valence-corrected chi connectivity index (χ2v) is 7.71. The van der Waals surface area contributed by atoms with Crippen LogP contribution >= 0.6 is 0 Å². The Kier molecular flexibility index (Phi) is 7.37. The summed E-state index contributed by atoms with van der Waals surface area (Å²) in [6.45, 7) is 2.20. The van der Waals surface area contributed by atoms with Crippen molar-refractivity contribution in [1.29, 1.82) is 0 Å². The average molecular weight is 452 g/mol. The van der Waals surface area contributed by atoms with E-state index < -0.39 is 6.61 Å². The van der Waals surface area contributed by atoms with Crippen LogP contribution in [0.1, 0.15) is 16.7 Å². The summed E-state index contributed by atoms with van der Waals surface area (Å²) in [5.74, 6) is 0.202. The highest BCUT2D eigenvalue weighted by Gasteiger charge is 2.06. The lowest BCUT2D eigenvalue weighted by molar-refractivity contribution is -0.117. The first-order chi connectivity index (χ1) is 16.6. The number of carbonyl (C=O) groups excluding carboxylic acids is 1. The fraction of sp³-hybridized carbons (Fsp3) is 0.111. The molecule has 0 amide bonds. The number of aliphatic hydroxyl groups is 1. The minimum atomic E-state index is -0.478. The Hall–Kier alpha value is -4.36. The molecule has 0 unspecified atom stereocenters. The summed E-state index contributed by atoms with van der Waals surface area (Å²) in [4.78, 5) is 24.3. The van der Waals surface area contributed by atoms with Gasteiger partial charge in [-0.3, -0.25) is 9.78 Å². The number of benzene rings is 2. The molecule has 34 heavy (non-hydrogen) atoms. The molecular weight excluding hydrogens is 426 g/mol. The molecule has 0 aliphatic heterocycles. The minimum absolute atomic E-state index is 0.316. The van der Waals surface area contributed by atoms with E-state index in [4.69, 9.17) is 5.11 Å². The number of anilines is 3. The first-order valence-corrected chi connectivity index (χ1v) is 10.9. The first kappa shape index (κ1) is 22.8. The number of hydrogen-bond acceptors (Lipinski definition) is 7. The first-order valence-electron chi connectivity index (χ1n) is 10.9. The molecule has 0 spiro atoms. The number of hydrogen-bond donors (Lipinski definition) is 3. The van der Waals surface area contributed by atoms with Crippen LogP contribution in [-0.2, 0) is 11.3 Å². The summed E-state index contributed by atoms with van der Waals surface area (Å²) in [5.41, 5.74) is 6.71. The maximum Gasteiger partial charge on any atom is 0.227 e. The van der Waals surface area contributed by atoms with E-state index in [9.17, 15) is 4.79 Å². The van der Waals surface area contributed by atoms with E-state index in [1.165, 1.54) is 6.08 Å². The van der Waals surface area contributed by atoms with Crippen LogP contribution < -0.4 is 10.6 Å². The Morgan fingerprint density at radius 2 is 1.91 bits per heavy atom. The van der Waals surface area contributed by atoms with E-state index >= 15 is 0 Å². The Labute approximate surface area is 198 Å². The number of aryl methyl sites for hydroxylation is 1. The van der Waals surface area contributed by atoms with Crippen LogP contribution in [0.25, 0.3) is 17.3 Å². The Balaban J connectivity index is 1.42. The van der Waals surface area contributed by atoms with Crippen LogP contribution in [0.5, 0.6) is 0 Å². The number of carbonyl (C=O) groups is 1. The zero-order chi connectivity index (χ0) is 23.8. The molecule has 0 bridgehead atoms. The van der Waals surface area contributed by atoms with Crippen molar-refractivity contribution < 1.29 is 9.90 Å². The monoisotopic (exact) mass is 451 g/mol. The average Bonchev–Trinajstić information content (AvgIpc) is 2.89. The molecule has 0 aliphatic rings. The van der Waals surface area contributed by atoms with E-state index in [-0.39, 0.29) is 5.78 Å². The number of ketones is 1. The summed E-state index contributed by atoms with van der Waals surface area (Å²) >= 11 is 0. The lowest BCUT2D eigenvalue weighted by Gasteiger charge is -2.13. The number of nitrogens with one attached hydrogen (secondary N) is 2. The minimum Gasteiger partial charge on any atom is -0.388 e. The predicted molar refractivity (Wildman–Crippen MR) is 135 cm³/mol. The van der Waals surface area contributed by atoms with Gasteiger partial charge in [0.2, 0.25) is 5.95 Å². The number of aromatic nitrogens is 3. The predicted octanol–water partition coefficient (Wildman–Crippen LogP) is 4.78. The van der Waals surface area contributed by atoms with Crippen molar-refractivity contribution in [3.05, 3.63) is 102 Å². The molecule has 4 rings (SSSR count). The summed E-state index contributed by atoms with van der Waals surface area (Å²) in [6, 6.07) is 19.7. The molecule has 0 saturated heterocycles. The summed E-state index contributed by atoms with van der Waals surface area (Å²) < 4.78 is 0. The molecule has 0 fully saturated rings. The Morgan fingerprint density at radius 3 is 2.68 bits per heavy atom. The number of rotatable bonds is 9. The van der Waals surface area contributed by atoms with Gasteiger partial charge in [-0.25, -0.2) is 9.97 Å². The second kappa shape index (κ2) is 11.0. The summed E-state index contributed by atoms with van der Waals surface area (Å²) in [6.07, 6.45) is 8.31. The van der Waals surface area contributed by atoms with Gasteiger partial charge in [-0.05, 0) is 60.0 Å². The van der Waals surface area contributed by atoms with E-state index in [1.807, 2.05) is 67.6 Å². The van der Waals surface area contributed by atoms with Crippen molar-refractivity contribution in [3.8, 4) is 11.3 Å². The van der Waals surface area contributed by atoms with Crippen molar-refractivity contribution in [2.75, 3.05) is 17.2 Å². The van der Waals surface area contributed by atoms with Crippen LogP contribution in [-0.4, -0.2) is 32.4 Å². The van der Waals surface area contributed by atoms with Gasteiger partial charge in [-0.1, -0.05) is 36.4 Å². The van der Waals surface area contributed by atoms with Gasteiger partial charge >= 0.3 is 0 Å². The molecule has 0 radical (unpaired) electrons. The highest BCUT2D eigenvalue weighted by atomic mass is 16.3. The normalized spacial score (nSPS) is 10.9. The third kappa shape index (κ3) is 6.11. The largest absolute Gasteiger partial charge is 0.388 e. The molecule has 170 valence electrons. The van der Waals surface area contributed by atoms with Gasteiger partial charge in [0.1, 0.15) is 6.61 Å². The standard InChI is InChI=1S/C27H25N5O2/c1-19-4-10-23(30-16-21-7-5-20(6-8-21)9-11-24(34)18-33)15-26(19)32-27-29-14-12-25(31-27)22-3-2-13-28-17-22/h2-15,17,30,33H,16,18H2,1H3,(H,29,31,32)/b11-9+. The van der Waals surface area contributed by atoms with Crippen molar-refractivity contribution in [2.24, 2.45) is 0 Å². The molecule has 2 aromatic heterocycles. The molecule has 0 saturated carbocycles. The topological polar surface area (TPSA) is 100 Å². The van der Waals surface area contributed by atoms with Gasteiger partial charge < -0.3 is 15.7 Å². The Morgan fingerprint density at radius 1 is 1.06 bits per heavy atom. The van der Waals surface area contributed by atoms with Gasteiger partial charge in [0.15, 0.2) is 5.78 Å². The van der Waals surface area contributed by atoms with Gasteiger partial charge in [-0.2, -0.15) is 0 Å². The highest BCUT2D eigenvalue weighted by molar-refractivity contribution is 5.94. The van der Waals surface area contributed by atoms with Crippen LogP contribution in [0.3, 0.4) is 0 Å². The molecule has 7 nitrogen and oxygen atoms in total. The van der Waals surface area contributed by atoms with Crippen molar-refractivity contribution >= 4 is 29.2 Å². The molecule has 2 heterocycles. The van der Waals surface area contributed by atoms with E-state index in [0.717, 1.165) is 39.3 Å². The molecule has 0 atom stereocenters. The second-order valence-electron chi connectivity index (χ2n) is 7.71. The maximum absolute atomic E-state index is 11.2. The highest BCUT2D eigenvalue weighted by Crippen LogP contribution is 2.24. The summed E-state index contributed by atoms with van der Waals surface area (Å²) in [5, 5.41) is 15.5. The number of aliphatic hydroxyl groups excluding tert-OH is 1. The lowest BCUT2D eigenvalue weighted by atomic mass is 10.1. The molecule has 7 heteroatoms. The SMILES string of the molecule is Cc1ccc(NCc2ccc(/C=C/C(=O)CO)cc2)cc1Nc1nccc(-c2cccnc2)n1.